The van der Waals surface area contributed by atoms with Crippen molar-refractivity contribution in [3.8, 4) is 16.9 Å². The van der Waals surface area contributed by atoms with Crippen LogP contribution in [0.3, 0.4) is 0 Å². The first kappa shape index (κ1) is 26.3. The first-order chi connectivity index (χ1) is 18.0. The monoisotopic (exact) mass is 521 g/mol. The van der Waals surface area contributed by atoms with Crippen molar-refractivity contribution < 1.29 is 28.2 Å². The number of hydrogen-bond acceptors (Lipinski definition) is 4. The Bertz CT molecular complexity index is 1410. The van der Waals surface area contributed by atoms with Gasteiger partial charge in [0.15, 0.2) is 11.6 Å². The van der Waals surface area contributed by atoms with Crippen molar-refractivity contribution in [1.82, 2.24) is 4.98 Å². The Morgan fingerprint density at radius 2 is 1.95 bits per heavy atom. The van der Waals surface area contributed by atoms with Crippen molar-refractivity contribution in [2.45, 2.75) is 65.1 Å². The molecule has 0 unspecified atom stereocenters. The molecule has 1 spiro atoms. The van der Waals surface area contributed by atoms with Gasteiger partial charge >= 0.3 is 5.97 Å². The van der Waals surface area contributed by atoms with Crippen molar-refractivity contribution >= 4 is 5.97 Å². The van der Waals surface area contributed by atoms with E-state index in [2.05, 4.69) is 25.8 Å². The van der Waals surface area contributed by atoms with E-state index in [1.807, 2.05) is 31.2 Å². The van der Waals surface area contributed by atoms with Gasteiger partial charge in [-0.1, -0.05) is 39.0 Å². The minimum Gasteiger partial charge on any atom is -0.486 e. The van der Waals surface area contributed by atoms with E-state index in [0.717, 1.165) is 16.7 Å². The van der Waals surface area contributed by atoms with E-state index >= 15 is 4.39 Å². The van der Waals surface area contributed by atoms with Gasteiger partial charge in [0.05, 0.1) is 18.2 Å². The minimum atomic E-state index is -0.872. The first-order valence-electron chi connectivity index (χ1n) is 12.9. The third-order valence-corrected chi connectivity index (χ3v) is 8.00. The Kier molecular flexibility index (Phi) is 6.54. The maximum absolute atomic E-state index is 15.6. The zero-order valence-corrected chi connectivity index (χ0v) is 22.4. The number of aliphatic carboxylic acids is 1. The third-order valence-electron chi connectivity index (χ3n) is 8.00. The molecule has 0 radical (unpaired) electrons. The molecule has 5 nitrogen and oxygen atoms in total. The number of aromatic nitrogens is 1. The molecule has 200 valence electrons. The quantitative estimate of drug-likeness (QED) is 0.365. The van der Waals surface area contributed by atoms with E-state index in [0.29, 0.717) is 41.6 Å². The second-order valence-electron chi connectivity index (χ2n) is 11.7. The average molecular weight is 522 g/mol. The van der Waals surface area contributed by atoms with Crippen molar-refractivity contribution in [3.63, 3.8) is 0 Å². The molecular formula is C31H33F2NO4. The molecule has 1 fully saturated rings. The number of aryl methyl sites for hydroxylation is 2. The van der Waals surface area contributed by atoms with Crippen LogP contribution in [0, 0.1) is 29.9 Å². The summed E-state index contributed by atoms with van der Waals surface area (Å²) in [5.41, 5.74) is 3.93. The summed E-state index contributed by atoms with van der Waals surface area (Å²) in [5.74, 6) is -2.17. The van der Waals surface area contributed by atoms with Crippen molar-refractivity contribution in [2.24, 2.45) is 11.3 Å². The van der Waals surface area contributed by atoms with Gasteiger partial charge in [-0.05, 0) is 72.1 Å². The maximum Gasteiger partial charge on any atom is 0.307 e. The fourth-order valence-corrected chi connectivity index (χ4v) is 6.14. The number of carboxylic acid groups (broad SMARTS) is 1. The summed E-state index contributed by atoms with van der Waals surface area (Å²) in [6.07, 6.45) is 2.68. The summed E-state index contributed by atoms with van der Waals surface area (Å²) in [4.78, 5) is 15.7. The highest BCUT2D eigenvalue weighted by Crippen LogP contribution is 2.62. The second kappa shape index (κ2) is 9.45. The predicted molar refractivity (Wildman–Crippen MR) is 140 cm³/mol. The number of halogens is 2. The molecule has 1 N–H and O–H groups in total. The molecule has 38 heavy (non-hydrogen) atoms. The van der Waals surface area contributed by atoms with Crippen LogP contribution in [-0.4, -0.2) is 23.2 Å². The number of carbonyl (C=O) groups is 1. The van der Waals surface area contributed by atoms with Crippen LogP contribution in [-0.2, 0) is 28.0 Å². The van der Waals surface area contributed by atoms with Gasteiger partial charge in [-0.2, -0.15) is 0 Å². The molecule has 0 saturated heterocycles. The number of rotatable bonds is 7. The minimum absolute atomic E-state index is 0.0940. The molecule has 7 heteroatoms. The third kappa shape index (κ3) is 4.47. The van der Waals surface area contributed by atoms with E-state index in [-0.39, 0.29) is 23.9 Å². The van der Waals surface area contributed by atoms with Crippen LogP contribution in [0.5, 0.6) is 5.75 Å². The molecule has 2 aliphatic carbocycles. The van der Waals surface area contributed by atoms with Crippen LogP contribution >= 0.6 is 0 Å². The van der Waals surface area contributed by atoms with E-state index in [1.54, 1.807) is 19.2 Å². The van der Waals surface area contributed by atoms with E-state index in [4.69, 9.17) is 9.47 Å². The molecule has 1 saturated carbocycles. The van der Waals surface area contributed by atoms with E-state index in [9.17, 15) is 14.3 Å². The lowest BCUT2D eigenvalue weighted by Gasteiger charge is -2.32. The molecule has 3 aromatic rings. The van der Waals surface area contributed by atoms with Gasteiger partial charge < -0.3 is 14.6 Å². The van der Waals surface area contributed by atoms with Crippen molar-refractivity contribution in [3.05, 3.63) is 82.2 Å². The summed E-state index contributed by atoms with van der Waals surface area (Å²) in [7, 11) is 1.63. The average Bonchev–Trinajstić information content (AvgIpc) is 3.47. The second-order valence-corrected chi connectivity index (χ2v) is 11.7. The van der Waals surface area contributed by atoms with Gasteiger partial charge in [-0.25, -0.2) is 8.78 Å². The Morgan fingerprint density at radius 3 is 2.61 bits per heavy atom. The molecule has 3 atom stereocenters. The van der Waals surface area contributed by atoms with Crippen LogP contribution in [0.4, 0.5) is 8.78 Å². The van der Waals surface area contributed by atoms with Gasteiger partial charge in [-0.3, -0.25) is 9.78 Å². The maximum atomic E-state index is 15.6. The van der Waals surface area contributed by atoms with Crippen LogP contribution in [0.1, 0.15) is 67.7 Å². The largest absolute Gasteiger partial charge is 0.486 e. The molecule has 0 aliphatic heterocycles. The lowest BCUT2D eigenvalue weighted by Crippen LogP contribution is -2.21. The van der Waals surface area contributed by atoms with Crippen molar-refractivity contribution in [2.75, 3.05) is 7.11 Å². The number of benzene rings is 2. The number of carboxylic acids is 1. The van der Waals surface area contributed by atoms with Gasteiger partial charge in [0.1, 0.15) is 12.4 Å². The zero-order chi connectivity index (χ0) is 27.4. The highest BCUT2D eigenvalue weighted by atomic mass is 19.1. The zero-order valence-electron chi connectivity index (χ0n) is 22.4. The highest BCUT2D eigenvalue weighted by Gasteiger charge is 2.63. The molecule has 0 amide bonds. The molecule has 1 heterocycles. The van der Waals surface area contributed by atoms with Crippen LogP contribution in [0.15, 0.2) is 42.6 Å². The SMILES string of the molecule is CO[C@H](c1cc(COc2ccc3c(c2F)[C@@]2(CC3)C[C@@H]2C(=O)O)ccc1-c1cc(C)ncc1F)C(C)(C)C. The summed E-state index contributed by atoms with van der Waals surface area (Å²) in [5, 5.41) is 9.51. The van der Waals surface area contributed by atoms with Crippen LogP contribution in [0.25, 0.3) is 11.1 Å². The highest BCUT2D eigenvalue weighted by molar-refractivity contribution is 5.78. The van der Waals surface area contributed by atoms with Gasteiger partial charge in [0.2, 0.25) is 0 Å². The predicted octanol–water partition coefficient (Wildman–Crippen LogP) is 6.94. The van der Waals surface area contributed by atoms with E-state index < -0.39 is 28.9 Å². The Hall–Kier alpha value is -3.32. The Morgan fingerprint density at radius 1 is 1.18 bits per heavy atom. The van der Waals surface area contributed by atoms with Gasteiger partial charge in [-0.15, -0.1) is 0 Å². The van der Waals surface area contributed by atoms with E-state index in [1.165, 1.54) is 6.20 Å². The van der Waals surface area contributed by atoms with Crippen LogP contribution < -0.4 is 4.74 Å². The number of hydrogen-bond donors (Lipinski definition) is 1. The lowest BCUT2D eigenvalue weighted by molar-refractivity contribution is -0.139. The molecule has 1 aromatic heterocycles. The Labute approximate surface area is 221 Å². The molecule has 5 rings (SSSR count). The smallest absolute Gasteiger partial charge is 0.307 e. The normalized spacial score (nSPS) is 20.9. The molecule has 2 aliphatic rings. The van der Waals surface area contributed by atoms with Gasteiger partial charge in [0.25, 0.3) is 0 Å². The molecule has 0 bridgehead atoms. The number of ether oxygens (including phenoxy) is 2. The summed E-state index contributed by atoms with van der Waals surface area (Å²) >= 11 is 0. The van der Waals surface area contributed by atoms with Crippen molar-refractivity contribution in [1.29, 1.82) is 0 Å². The topological polar surface area (TPSA) is 68.7 Å². The lowest BCUT2D eigenvalue weighted by atomic mass is 9.81. The van der Waals surface area contributed by atoms with Crippen LogP contribution in [0.2, 0.25) is 0 Å². The first-order valence-corrected chi connectivity index (χ1v) is 12.9. The summed E-state index contributed by atoms with van der Waals surface area (Å²) < 4.78 is 42.4. The number of fused-ring (bicyclic) bond motifs is 2. The summed E-state index contributed by atoms with van der Waals surface area (Å²) in [6.45, 7) is 8.08. The van der Waals surface area contributed by atoms with Gasteiger partial charge in [0, 0.05) is 29.3 Å². The number of pyridine rings is 1. The fourth-order valence-electron chi connectivity index (χ4n) is 6.14. The molecular weight excluding hydrogens is 488 g/mol. The number of nitrogens with zero attached hydrogens (tertiary/aromatic N) is 1. The molecule has 2 aromatic carbocycles. The fraction of sp³-hybridized carbons (Fsp3) is 0.419. The summed E-state index contributed by atoms with van der Waals surface area (Å²) in [6, 6.07) is 10.8. The number of methoxy groups -OCH3 is 1. The Balaban J connectivity index is 1.48. The standard InChI is InChI=1S/C31H33F2NO4/c1-17-12-21(24(32)15-34-17)20-8-6-18(13-22(20)28(37-5)30(2,3)4)16-38-25-9-7-19-10-11-31(26(19)27(25)33)14-23(31)29(35)36/h6-9,12-13,15,23,28H,10-11,14,16H2,1-5H3,(H,35,36)/t23-,28-,31+/m1/s1.